The van der Waals surface area contributed by atoms with Crippen molar-refractivity contribution in [2.75, 3.05) is 13.1 Å². The van der Waals surface area contributed by atoms with Gasteiger partial charge in [0.15, 0.2) is 11.6 Å². The van der Waals surface area contributed by atoms with Crippen LogP contribution in [0.2, 0.25) is 0 Å². The van der Waals surface area contributed by atoms with Gasteiger partial charge in [-0.3, -0.25) is 4.79 Å². The highest BCUT2D eigenvalue weighted by Crippen LogP contribution is 2.31. The molecule has 104 valence electrons. The molecule has 1 aromatic rings. The molecule has 5 heteroatoms. The third kappa shape index (κ3) is 3.14. The summed E-state index contributed by atoms with van der Waals surface area (Å²) in [6, 6.07) is 1.96. The van der Waals surface area contributed by atoms with Crippen LogP contribution in [-0.2, 0) is 0 Å². The molecule has 1 heterocycles. The van der Waals surface area contributed by atoms with Gasteiger partial charge in [-0.05, 0) is 46.3 Å². The van der Waals surface area contributed by atoms with Crippen LogP contribution in [0.3, 0.4) is 0 Å². The maximum absolute atomic E-state index is 13.2. The monoisotopic (exact) mass is 331 g/mol. The van der Waals surface area contributed by atoms with Gasteiger partial charge in [-0.1, -0.05) is 13.8 Å². The average Bonchev–Trinajstić information content (AvgIpc) is 2.33. The van der Waals surface area contributed by atoms with Crippen LogP contribution in [0.4, 0.5) is 8.78 Å². The molecule has 0 bridgehead atoms. The SMILES string of the molecule is CC1(C)CCN(C(=O)c2cc(F)c(F)cc2Br)CC1. The van der Waals surface area contributed by atoms with E-state index in [1.54, 1.807) is 4.90 Å². The number of carbonyl (C=O) groups is 1. The highest BCUT2D eigenvalue weighted by molar-refractivity contribution is 9.10. The van der Waals surface area contributed by atoms with E-state index >= 15 is 0 Å². The van der Waals surface area contributed by atoms with E-state index in [0.717, 1.165) is 25.0 Å². The van der Waals surface area contributed by atoms with Gasteiger partial charge < -0.3 is 4.90 Å². The van der Waals surface area contributed by atoms with Gasteiger partial charge in [-0.2, -0.15) is 0 Å². The largest absolute Gasteiger partial charge is 0.339 e. The molecule has 1 saturated heterocycles. The van der Waals surface area contributed by atoms with Crippen molar-refractivity contribution in [3.05, 3.63) is 33.8 Å². The zero-order valence-electron chi connectivity index (χ0n) is 11.0. The van der Waals surface area contributed by atoms with Crippen molar-refractivity contribution >= 4 is 21.8 Å². The summed E-state index contributed by atoms with van der Waals surface area (Å²) in [5.74, 6) is -2.20. The molecule has 0 spiro atoms. The van der Waals surface area contributed by atoms with Crippen LogP contribution >= 0.6 is 15.9 Å². The van der Waals surface area contributed by atoms with Crippen molar-refractivity contribution in [2.45, 2.75) is 26.7 Å². The standard InChI is InChI=1S/C14H16BrF2NO/c1-14(2)3-5-18(6-4-14)13(19)9-7-11(16)12(17)8-10(9)15/h7-8H,3-6H2,1-2H3. The molecule has 0 saturated carbocycles. The van der Waals surface area contributed by atoms with Gasteiger partial charge in [0, 0.05) is 17.6 Å². The predicted molar refractivity (Wildman–Crippen MR) is 73.0 cm³/mol. The van der Waals surface area contributed by atoms with Crippen molar-refractivity contribution in [1.29, 1.82) is 0 Å². The molecule has 1 aliphatic rings. The van der Waals surface area contributed by atoms with E-state index in [4.69, 9.17) is 0 Å². The van der Waals surface area contributed by atoms with E-state index in [1.807, 2.05) is 0 Å². The molecule has 1 aromatic carbocycles. The summed E-state index contributed by atoms with van der Waals surface area (Å²) in [6.07, 6.45) is 1.83. The molecular formula is C14H16BrF2NO. The quantitative estimate of drug-likeness (QED) is 0.712. The van der Waals surface area contributed by atoms with Crippen molar-refractivity contribution in [1.82, 2.24) is 4.90 Å². The van der Waals surface area contributed by atoms with Crippen LogP contribution in [0, 0.1) is 17.0 Å². The molecule has 0 aromatic heterocycles. The lowest BCUT2D eigenvalue weighted by Crippen LogP contribution is -2.41. The Hall–Kier alpha value is -0.970. The lowest BCUT2D eigenvalue weighted by atomic mass is 9.82. The minimum Gasteiger partial charge on any atom is -0.339 e. The molecule has 19 heavy (non-hydrogen) atoms. The zero-order valence-corrected chi connectivity index (χ0v) is 12.6. The van der Waals surface area contributed by atoms with E-state index in [1.165, 1.54) is 0 Å². The van der Waals surface area contributed by atoms with Gasteiger partial charge in [0.1, 0.15) is 0 Å². The van der Waals surface area contributed by atoms with Crippen molar-refractivity contribution in [2.24, 2.45) is 5.41 Å². The number of likely N-dealkylation sites (tertiary alicyclic amines) is 1. The Morgan fingerprint density at radius 2 is 1.74 bits per heavy atom. The molecule has 1 amide bonds. The minimum absolute atomic E-state index is 0.179. The average molecular weight is 332 g/mol. The Labute approximate surface area is 119 Å². The second-order valence-corrected chi connectivity index (χ2v) is 6.56. The third-order valence-corrected chi connectivity index (χ3v) is 4.30. The van der Waals surface area contributed by atoms with Gasteiger partial charge in [0.25, 0.3) is 5.91 Å². The van der Waals surface area contributed by atoms with Crippen LogP contribution in [-0.4, -0.2) is 23.9 Å². The van der Waals surface area contributed by atoms with E-state index in [0.29, 0.717) is 17.6 Å². The molecule has 0 N–H and O–H groups in total. The second-order valence-electron chi connectivity index (χ2n) is 5.70. The number of piperidine rings is 1. The van der Waals surface area contributed by atoms with Crippen LogP contribution < -0.4 is 0 Å². The molecule has 0 aliphatic carbocycles. The summed E-state index contributed by atoms with van der Waals surface area (Å²) in [5.41, 5.74) is 0.417. The first-order chi connectivity index (χ1) is 8.80. The fraction of sp³-hybridized carbons (Fsp3) is 0.500. The van der Waals surface area contributed by atoms with E-state index in [-0.39, 0.29) is 16.9 Å². The topological polar surface area (TPSA) is 20.3 Å². The summed E-state index contributed by atoms with van der Waals surface area (Å²) in [7, 11) is 0. The lowest BCUT2D eigenvalue weighted by molar-refractivity contribution is 0.0629. The Morgan fingerprint density at radius 1 is 1.21 bits per heavy atom. The molecule has 2 nitrogen and oxygen atoms in total. The van der Waals surface area contributed by atoms with Gasteiger partial charge >= 0.3 is 0 Å². The van der Waals surface area contributed by atoms with E-state index < -0.39 is 11.6 Å². The number of halogens is 3. The van der Waals surface area contributed by atoms with E-state index in [2.05, 4.69) is 29.8 Å². The third-order valence-electron chi connectivity index (χ3n) is 3.64. The van der Waals surface area contributed by atoms with Crippen LogP contribution in [0.15, 0.2) is 16.6 Å². The smallest absolute Gasteiger partial charge is 0.255 e. The molecule has 2 rings (SSSR count). The fourth-order valence-corrected chi connectivity index (χ4v) is 2.66. The number of nitrogens with zero attached hydrogens (tertiary/aromatic N) is 1. The predicted octanol–water partition coefficient (Wildman–Crippen LogP) is 3.99. The molecular weight excluding hydrogens is 316 g/mol. The van der Waals surface area contributed by atoms with Gasteiger partial charge in [-0.25, -0.2) is 8.78 Å². The Balaban J connectivity index is 2.19. The molecule has 0 radical (unpaired) electrons. The molecule has 1 aliphatic heterocycles. The number of benzene rings is 1. The van der Waals surface area contributed by atoms with Gasteiger partial charge in [0.05, 0.1) is 5.56 Å². The normalized spacial score (nSPS) is 18.5. The summed E-state index contributed by atoms with van der Waals surface area (Å²) < 4.78 is 26.6. The summed E-state index contributed by atoms with van der Waals surface area (Å²) in [5, 5.41) is 0. The number of hydrogen-bond donors (Lipinski definition) is 0. The summed E-state index contributed by atoms with van der Waals surface area (Å²) in [4.78, 5) is 14.0. The van der Waals surface area contributed by atoms with Crippen molar-refractivity contribution < 1.29 is 13.6 Å². The van der Waals surface area contributed by atoms with Crippen LogP contribution in [0.5, 0.6) is 0 Å². The lowest BCUT2D eigenvalue weighted by Gasteiger charge is -2.37. The fourth-order valence-electron chi connectivity index (χ4n) is 2.17. The van der Waals surface area contributed by atoms with Crippen molar-refractivity contribution in [3.63, 3.8) is 0 Å². The molecule has 0 atom stereocenters. The summed E-state index contributed by atoms with van der Waals surface area (Å²) >= 11 is 3.12. The maximum Gasteiger partial charge on any atom is 0.255 e. The van der Waals surface area contributed by atoms with Crippen LogP contribution in [0.25, 0.3) is 0 Å². The first-order valence-electron chi connectivity index (χ1n) is 6.24. The Bertz CT molecular complexity index is 506. The highest BCUT2D eigenvalue weighted by atomic mass is 79.9. The first kappa shape index (κ1) is 14.4. The number of rotatable bonds is 1. The van der Waals surface area contributed by atoms with E-state index in [9.17, 15) is 13.6 Å². The second kappa shape index (κ2) is 5.19. The van der Waals surface area contributed by atoms with Crippen molar-refractivity contribution in [3.8, 4) is 0 Å². The number of carbonyl (C=O) groups excluding carboxylic acids is 1. The van der Waals surface area contributed by atoms with Gasteiger partial charge in [0.2, 0.25) is 0 Å². The highest BCUT2D eigenvalue weighted by Gasteiger charge is 2.29. The first-order valence-corrected chi connectivity index (χ1v) is 7.03. The zero-order chi connectivity index (χ0) is 14.2. The van der Waals surface area contributed by atoms with Crippen LogP contribution in [0.1, 0.15) is 37.0 Å². The molecule has 1 fully saturated rings. The Morgan fingerprint density at radius 3 is 2.32 bits per heavy atom. The summed E-state index contributed by atoms with van der Waals surface area (Å²) in [6.45, 7) is 5.64. The minimum atomic E-state index is -0.996. The maximum atomic E-state index is 13.2. The Kier molecular flexibility index (Phi) is 3.95. The van der Waals surface area contributed by atoms with Gasteiger partial charge in [-0.15, -0.1) is 0 Å². The number of hydrogen-bond acceptors (Lipinski definition) is 1. The number of amides is 1. The molecule has 0 unspecified atom stereocenters.